The second kappa shape index (κ2) is 6.21. The minimum absolute atomic E-state index is 0.223. The number of H-pyrrole nitrogens is 1. The predicted octanol–water partition coefficient (Wildman–Crippen LogP) is 0.212. The Labute approximate surface area is 114 Å². The van der Waals surface area contributed by atoms with E-state index >= 15 is 0 Å². The van der Waals surface area contributed by atoms with Gasteiger partial charge in [-0.05, 0) is 11.1 Å². The summed E-state index contributed by atoms with van der Waals surface area (Å²) in [6, 6.07) is 7.67. The molecule has 0 aliphatic carbocycles. The van der Waals surface area contributed by atoms with Gasteiger partial charge in [-0.2, -0.15) is 4.98 Å². The van der Waals surface area contributed by atoms with Crippen LogP contribution in [0.3, 0.4) is 0 Å². The first-order valence-corrected chi connectivity index (χ1v) is 6.54. The highest BCUT2D eigenvalue weighted by Gasteiger charge is 2.08. The molecule has 100 valence electrons. The Morgan fingerprint density at radius 3 is 2.74 bits per heavy atom. The van der Waals surface area contributed by atoms with Gasteiger partial charge in [0.05, 0.1) is 6.42 Å². The molecule has 6 N–H and O–H groups in total. The Kier molecular flexibility index (Phi) is 4.37. The van der Waals surface area contributed by atoms with Crippen LogP contribution in [0.2, 0.25) is 0 Å². The topological polar surface area (TPSA) is 123 Å². The van der Waals surface area contributed by atoms with Crippen LogP contribution in [0.25, 0.3) is 0 Å². The van der Waals surface area contributed by atoms with Gasteiger partial charge in [-0.1, -0.05) is 36.0 Å². The summed E-state index contributed by atoms with van der Waals surface area (Å²) in [4.78, 5) is 15.3. The molecule has 0 atom stereocenters. The monoisotopic (exact) mass is 278 g/mol. The van der Waals surface area contributed by atoms with Gasteiger partial charge < -0.3 is 5.73 Å². The van der Waals surface area contributed by atoms with Gasteiger partial charge in [0.1, 0.15) is 0 Å². The third-order valence-corrected chi connectivity index (χ3v) is 3.37. The van der Waals surface area contributed by atoms with E-state index in [2.05, 4.69) is 20.6 Å². The van der Waals surface area contributed by atoms with E-state index in [0.717, 1.165) is 11.1 Å². The summed E-state index contributed by atoms with van der Waals surface area (Å²) in [7, 11) is 0. The van der Waals surface area contributed by atoms with E-state index in [1.807, 2.05) is 24.3 Å². The number of carbonyl (C=O) groups is 1. The van der Waals surface area contributed by atoms with Crippen LogP contribution in [0.4, 0.5) is 5.95 Å². The number of nitrogen functional groups attached to an aromatic ring is 1. The summed E-state index contributed by atoms with van der Waals surface area (Å²) in [5.74, 6) is 5.82. The van der Waals surface area contributed by atoms with Crippen molar-refractivity contribution < 1.29 is 4.79 Å². The lowest BCUT2D eigenvalue weighted by Gasteiger charge is -2.07. The first-order chi connectivity index (χ1) is 9.19. The van der Waals surface area contributed by atoms with Crippen LogP contribution in [0.5, 0.6) is 0 Å². The van der Waals surface area contributed by atoms with Crippen LogP contribution in [-0.4, -0.2) is 21.1 Å². The third kappa shape index (κ3) is 3.70. The average molecular weight is 278 g/mol. The van der Waals surface area contributed by atoms with Crippen molar-refractivity contribution in [1.82, 2.24) is 20.6 Å². The largest absolute Gasteiger partial charge is 0.368 e. The Hall–Kier alpha value is -2.06. The highest BCUT2D eigenvalue weighted by atomic mass is 32.2. The van der Waals surface area contributed by atoms with Gasteiger partial charge >= 0.3 is 0 Å². The number of hydrazine groups is 1. The zero-order chi connectivity index (χ0) is 13.7. The number of aromatic nitrogens is 3. The summed E-state index contributed by atoms with van der Waals surface area (Å²) in [6.07, 6.45) is 0.253. The minimum atomic E-state index is -0.223. The molecule has 0 spiro atoms. The molecule has 1 heterocycles. The number of amides is 1. The van der Waals surface area contributed by atoms with Crippen LogP contribution in [-0.2, 0) is 17.0 Å². The highest BCUT2D eigenvalue weighted by molar-refractivity contribution is 7.98. The van der Waals surface area contributed by atoms with Crippen LogP contribution in [0.15, 0.2) is 29.4 Å². The number of nitrogens with zero attached hydrogens (tertiary/aromatic N) is 2. The summed E-state index contributed by atoms with van der Waals surface area (Å²) >= 11 is 1.45. The third-order valence-electron chi connectivity index (χ3n) is 2.47. The molecule has 0 aliphatic heterocycles. The summed E-state index contributed by atoms with van der Waals surface area (Å²) < 4.78 is 0. The molecule has 19 heavy (non-hydrogen) atoms. The molecule has 0 fully saturated rings. The van der Waals surface area contributed by atoms with Crippen molar-refractivity contribution in [1.29, 1.82) is 0 Å². The number of carbonyl (C=O) groups excluding carboxylic acids is 1. The minimum Gasteiger partial charge on any atom is -0.368 e. The molecule has 2 rings (SSSR count). The average Bonchev–Trinajstić information content (AvgIpc) is 2.83. The maximum absolute atomic E-state index is 11.3. The number of hydrogen-bond donors (Lipinski definition) is 4. The van der Waals surface area contributed by atoms with E-state index in [9.17, 15) is 4.79 Å². The zero-order valence-corrected chi connectivity index (χ0v) is 10.9. The van der Waals surface area contributed by atoms with Crippen molar-refractivity contribution in [3.8, 4) is 0 Å². The van der Waals surface area contributed by atoms with E-state index in [4.69, 9.17) is 11.6 Å². The van der Waals surface area contributed by atoms with E-state index in [0.29, 0.717) is 16.9 Å². The highest BCUT2D eigenvalue weighted by Crippen LogP contribution is 2.22. The molecule has 0 saturated carbocycles. The lowest BCUT2D eigenvalue weighted by Crippen LogP contribution is -2.31. The maximum atomic E-state index is 11.3. The first kappa shape index (κ1) is 13.4. The van der Waals surface area contributed by atoms with E-state index in [-0.39, 0.29) is 12.3 Å². The molecule has 0 radical (unpaired) electrons. The fraction of sp³-hybridized carbons (Fsp3) is 0.182. The van der Waals surface area contributed by atoms with Gasteiger partial charge in [0.25, 0.3) is 0 Å². The van der Waals surface area contributed by atoms with Crippen molar-refractivity contribution >= 4 is 23.6 Å². The summed E-state index contributed by atoms with van der Waals surface area (Å²) in [6.45, 7) is 0. The Morgan fingerprint density at radius 1 is 1.37 bits per heavy atom. The molecule has 7 nitrogen and oxygen atoms in total. The molecular formula is C11H14N6OS. The van der Waals surface area contributed by atoms with Gasteiger partial charge in [0, 0.05) is 5.75 Å². The van der Waals surface area contributed by atoms with Crippen LogP contribution in [0.1, 0.15) is 11.1 Å². The second-order valence-corrected chi connectivity index (χ2v) is 4.75. The van der Waals surface area contributed by atoms with Gasteiger partial charge in [-0.25, -0.2) is 10.9 Å². The molecule has 0 saturated heterocycles. The molecule has 1 aromatic heterocycles. The number of hydrogen-bond acceptors (Lipinski definition) is 6. The summed E-state index contributed by atoms with van der Waals surface area (Å²) in [5.41, 5.74) is 9.55. The second-order valence-electron chi connectivity index (χ2n) is 3.80. The lowest BCUT2D eigenvalue weighted by atomic mass is 10.1. The van der Waals surface area contributed by atoms with E-state index in [1.165, 1.54) is 11.8 Å². The van der Waals surface area contributed by atoms with Crippen LogP contribution in [0, 0.1) is 0 Å². The number of aromatic amines is 1. The first-order valence-electron chi connectivity index (χ1n) is 5.56. The van der Waals surface area contributed by atoms with Gasteiger partial charge in [-0.15, -0.1) is 5.10 Å². The van der Waals surface area contributed by atoms with Crippen molar-refractivity contribution in [2.45, 2.75) is 17.3 Å². The molecule has 0 bridgehead atoms. The SMILES string of the molecule is NNC(=O)Cc1ccccc1CSc1n[nH]c(N)n1. The number of nitrogens with one attached hydrogen (secondary N) is 2. The Morgan fingerprint density at radius 2 is 2.11 bits per heavy atom. The molecular weight excluding hydrogens is 264 g/mol. The van der Waals surface area contributed by atoms with Gasteiger partial charge in [0.2, 0.25) is 17.0 Å². The Bertz CT molecular complexity index is 570. The standard InChI is InChI=1S/C11H14N6OS/c12-10-14-11(17-16-10)19-6-8-4-2-1-3-7(8)5-9(18)15-13/h1-4H,5-6,13H2,(H,15,18)(H3,12,14,16,17). The number of thioether (sulfide) groups is 1. The van der Waals surface area contributed by atoms with Crippen molar-refractivity contribution in [2.75, 3.05) is 5.73 Å². The summed E-state index contributed by atoms with van der Waals surface area (Å²) in [5, 5.41) is 7.10. The number of benzene rings is 1. The number of nitrogens with two attached hydrogens (primary N) is 2. The van der Waals surface area contributed by atoms with Gasteiger partial charge in [-0.3, -0.25) is 10.2 Å². The molecule has 2 aromatic rings. The van der Waals surface area contributed by atoms with Gasteiger partial charge in [0.15, 0.2) is 0 Å². The molecule has 0 aliphatic rings. The fourth-order valence-corrected chi connectivity index (χ4v) is 2.40. The lowest BCUT2D eigenvalue weighted by molar-refractivity contribution is -0.120. The zero-order valence-electron chi connectivity index (χ0n) is 10.1. The number of rotatable bonds is 5. The number of anilines is 1. The Balaban J connectivity index is 2.05. The fourth-order valence-electron chi connectivity index (χ4n) is 1.56. The predicted molar refractivity (Wildman–Crippen MR) is 72.8 cm³/mol. The van der Waals surface area contributed by atoms with Crippen molar-refractivity contribution in [3.63, 3.8) is 0 Å². The van der Waals surface area contributed by atoms with Crippen LogP contribution >= 0.6 is 11.8 Å². The molecule has 1 aromatic carbocycles. The molecule has 0 unspecified atom stereocenters. The van der Waals surface area contributed by atoms with E-state index < -0.39 is 0 Å². The quantitative estimate of drug-likeness (QED) is 0.268. The van der Waals surface area contributed by atoms with Crippen molar-refractivity contribution in [2.24, 2.45) is 5.84 Å². The molecule has 8 heteroatoms. The smallest absolute Gasteiger partial charge is 0.238 e. The van der Waals surface area contributed by atoms with Crippen molar-refractivity contribution in [3.05, 3.63) is 35.4 Å². The normalized spacial score (nSPS) is 10.4. The maximum Gasteiger partial charge on any atom is 0.238 e. The molecule has 1 amide bonds. The van der Waals surface area contributed by atoms with Crippen LogP contribution < -0.4 is 17.0 Å². The van der Waals surface area contributed by atoms with E-state index in [1.54, 1.807) is 0 Å².